The first kappa shape index (κ1) is 22.5. The van der Waals surface area contributed by atoms with Gasteiger partial charge in [-0.25, -0.2) is 4.79 Å². The van der Waals surface area contributed by atoms with Gasteiger partial charge in [-0.2, -0.15) is 5.26 Å². The van der Waals surface area contributed by atoms with Crippen molar-refractivity contribution in [3.8, 4) is 6.07 Å². The second-order valence-electron chi connectivity index (χ2n) is 9.55. The van der Waals surface area contributed by atoms with E-state index in [0.717, 1.165) is 41.4 Å². The third-order valence-corrected chi connectivity index (χ3v) is 6.32. The third-order valence-electron chi connectivity index (χ3n) is 6.32. The molecule has 0 unspecified atom stereocenters. The molecule has 0 aliphatic heterocycles. The van der Waals surface area contributed by atoms with Crippen molar-refractivity contribution in [2.24, 2.45) is 11.3 Å². The summed E-state index contributed by atoms with van der Waals surface area (Å²) in [6.45, 7) is 6.28. The van der Waals surface area contributed by atoms with E-state index in [9.17, 15) is 9.59 Å². The van der Waals surface area contributed by atoms with Crippen LogP contribution in [0.2, 0.25) is 0 Å². The molecule has 4 rings (SSSR count). The molecule has 0 radical (unpaired) electrons. The number of pyridine rings is 1. The Morgan fingerprint density at radius 1 is 1.15 bits per heavy atom. The van der Waals surface area contributed by atoms with E-state index in [0.29, 0.717) is 22.7 Å². The highest BCUT2D eigenvalue weighted by atomic mass is 16.5. The van der Waals surface area contributed by atoms with Crippen LogP contribution in [-0.4, -0.2) is 23.5 Å². The van der Waals surface area contributed by atoms with Gasteiger partial charge in [-0.15, -0.1) is 0 Å². The number of aryl methyl sites for hydroxylation is 1. The van der Waals surface area contributed by atoms with E-state index < -0.39 is 18.5 Å². The number of esters is 1. The van der Waals surface area contributed by atoms with Crippen molar-refractivity contribution in [3.63, 3.8) is 0 Å². The van der Waals surface area contributed by atoms with Crippen LogP contribution in [0.25, 0.3) is 10.9 Å². The van der Waals surface area contributed by atoms with Gasteiger partial charge in [0.15, 0.2) is 6.61 Å². The monoisotopic (exact) mass is 441 g/mol. The number of nitrogens with zero attached hydrogens (tertiary/aromatic N) is 2. The number of hydrogen-bond acceptors (Lipinski definition) is 5. The number of para-hydroxylation sites is 1. The van der Waals surface area contributed by atoms with Crippen LogP contribution >= 0.6 is 0 Å². The zero-order valence-electron chi connectivity index (χ0n) is 19.1. The summed E-state index contributed by atoms with van der Waals surface area (Å²) in [5.74, 6) is -0.513. The number of amides is 1. The number of nitriles is 1. The summed E-state index contributed by atoms with van der Waals surface area (Å²) in [6, 6.07) is 16.1. The summed E-state index contributed by atoms with van der Waals surface area (Å²) in [4.78, 5) is 30.5. The molecule has 6 nitrogen and oxygen atoms in total. The van der Waals surface area contributed by atoms with Gasteiger partial charge in [0.2, 0.25) is 0 Å². The quantitative estimate of drug-likeness (QED) is 0.572. The first-order valence-corrected chi connectivity index (χ1v) is 11.1. The fourth-order valence-electron chi connectivity index (χ4n) is 4.39. The van der Waals surface area contributed by atoms with Crippen LogP contribution in [0.1, 0.15) is 54.4 Å². The highest BCUT2D eigenvalue weighted by Gasteiger charge is 2.33. The number of hydrogen-bond donors (Lipinski definition) is 1. The van der Waals surface area contributed by atoms with Crippen molar-refractivity contribution in [2.45, 2.75) is 40.0 Å². The Kier molecular flexibility index (Phi) is 6.15. The van der Waals surface area contributed by atoms with Crippen LogP contribution in [0.15, 0.2) is 48.5 Å². The highest BCUT2D eigenvalue weighted by molar-refractivity contribution is 6.06. The van der Waals surface area contributed by atoms with E-state index in [4.69, 9.17) is 15.0 Å². The lowest BCUT2D eigenvalue weighted by molar-refractivity contribution is -0.119. The van der Waals surface area contributed by atoms with Crippen LogP contribution in [0, 0.1) is 22.7 Å². The summed E-state index contributed by atoms with van der Waals surface area (Å²) in [6.07, 6.45) is 2.61. The first-order valence-electron chi connectivity index (χ1n) is 11.1. The van der Waals surface area contributed by atoms with Gasteiger partial charge >= 0.3 is 5.97 Å². The molecule has 2 aromatic carbocycles. The van der Waals surface area contributed by atoms with Crippen LogP contribution in [0.5, 0.6) is 0 Å². The van der Waals surface area contributed by atoms with Gasteiger partial charge in [-0.3, -0.25) is 9.78 Å². The number of anilines is 1. The van der Waals surface area contributed by atoms with Crippen molar-refractivity contribution < 1.29 is 14.3 Å². The fourth-order valence-corrected chi connectivity index (χ4v) is 4.39. The lowest BCUT2D eigenvalue weighted by Gasteiger charge is -2.35. The van der Waals surface area contributed by atoms with Crippen molar-refractivity contribution >= 4 is 28.5 Å². The minimum Gasteiger partial charge on any atom is -0.452 e. The molecule has 0 saturated heterocycles. The Balaban J connectivity index is 1.57. The Hall–Kier alpha value is -3.72. The zero-order chi connectivity index (χ0) is 23.6. The Morgan fingerprint density at radius 3 is 2.58 bits per heavy atom. The van der Waals surface area contributed by atoms with Crippen LogP contribution in [0.4, 0.5) is 5.69 Å². The number of carbonyl (C=O) groups excluding carboxylic acids is 2. The summed E-state index contributed by atoms with van der Waals surface area (Å²) >= 11 is 0. The minimum absolute atomic E-state index is 0.117. The smallest absolute Gasteiger partial charge is 0.339 e. The molecule has 1 aromatic heterocycles. The Bertz CT molecular complexity index is 1250. The van der Waals surface area contributed by atoms with Crippen molar-refractivity contribution in [3.05, 3.63) is 70.9 Å². The van der Waals surface area contributed by atoms with Gasteiger partial charge < -0.3 is 10.1 Å². The largest absolute Gasteiger partial charge is 0.452 e. The van der Waals surface area contributed by atoms with E-state index >= 15 is 0 Å². The molecule has 168 valence electrons. The van der Waals surface area contributed by atoms with Crippen LogP contribution in [0.3, 0.4) is 0 Å². The minimum atomic E-state index is -0.505. The van der Waals surface area contributed by atoms with E-state index in [1.165, 1.54) is 0 Å². The number of rotatable bonds is 4. The summed E-state index contributed by atoms with van der Waals surface area (Å²) in [5.41, 5.74) is 4.33. The average molecular weight is 442 g/mol. The summed E-state index contributed by atoms with van der Waals surface area (Å²) < 4.78 is 5.47. The maximum Gasteiger partial charge on any atom is 0.339 e. The van der Waals surface area contributed by atoms with E-state index in [2.05, 4.69) is 26.1 Å². The number of benzene rings is 2. The van der Waals surface area contributed by atoms with E-state index in [1.807, 2.05) is 30.3 Å². The number of ether oxygens (including phenoxy) is 1. The molecule has 3 aromatic rings. The lowest BCUT2D eigenvalue weighted by atomic mass is 9.70. The molecule has 33 heavy (non-hydrogen) atoms. The fraction of sp³-hybridized carbons (Fsp3) is 0.333. The highest BCUT2D eigenvalue weighted by Crippen LogP contribution is 2.39. The van der Waals surface area contributed by atoms with E-state index in [-0.39, 0.29) is 5.41 Å². The molecule has 1 atom stereocenters. The maximum absolute atomic E-state index is 13.3. The maximum atomic E-state index is 13.3. The second kappa shape index (κ2) is 9.03. The van der Waals surface area contributed by atoms with Crippen molar-refractivity contribution in [1.29, 1.82) is 5.26 Å². The number of aromatic nitrogens is 1. The SMILES string of the molecule is CC(C)(C)[C@H]1CCc2nc3ccccc3c(C(=O)OCC(=O)Nc3ccc(C#N)cc3)c2C1. The predicted octanol–water partition coefficient (Wildman–Crippen LogP) is 5.05. The number of carbonyl (C=O) groups is 2. The summed E-state index contributed by atoms with van der Waals surface area (Å²) in [7, 11) is 0. The molecule has 1 aliphatic rings. The molecule has 1 aliphatic carbocycles. The molecule has 1 N–H and O–H groups in total. The van der Waals surface area contributed by atoms with Gasteiger partial charge in [0.1, 0.15) is 0 Å². The van der Waals surface area contributed by atoms with E-state index in [1.54, 1.807) is 24.3 Å². The molecule has 0 bridgehead atoms. The number of fused-ring (bicyclic) bond motifs is 2. The summed E-state index contributed by atoms with van der Waals surface area (Å²) in [5, 5.41) is 12.3. The molecule has 6 heteroatoms. The molecule has 0 fully saturated rings. The lowest BCUT2D eigenvalue weighted by Crippen LogP contribution is -2.29. The molecule has 1 heterocycles. The van der Waals surface area contributed by atoms with Gasteiger partial charge in [0, 0.05) is 16.8 Å². The predicted molar refractivity (Wildman–Crippen MR) is 127 cm³/mol. The Labute approximate surface area is 193 Å². The third kappa shape index (κ3) is 4.88. The van der Waals surface area contributed by atoms with Crippen LogP contribution in [-0.2, 0) is 22.4 Å². The van der Waals surface area contributed by atoms with Crippen molar-refractivity contribution in [1.82, 2.24) is 4.98 Å². The second-order valence-corrected chi connectivity index (χ2v) is 9.55. The zero-order valence-corrected chi connectivity index (χ0v) is 19.1. The van der Waals surface area contributed by atoms with Gasteiger partial charge in [0.25, 0.3) is 5.91 Å². The topological polar surface area (TPSA) is 92.1 Å². The Morgan fingerprint density at radius 2 is 1.88 bits per heavy atom. The standard InChI is InChI=1S/C27H27N3O3/c1-27(2,3)18-10-13-23-21(14-18)25(20-6-4-5-7-22(20)30-23)26(32)33-16-24(31)29-19-11-8-17(15-28)9-12-19/h4-9,11-12,18H,10,13-14,16H2,1-3H3,(H,29,31)/t18-/m0/s1. The van der Waals surface area contributed by atoms with Gasteiger partial charge in [0.05, 0.1) is 22.7 Å². The molecule has 0 saturated carbocycles. The molecule has 1 amide bonds. The molecule has 0 spiro atoms. The normalized spacial score (nSPS) is 15.4. The average Bonchev–Trinajstić information content (AvgIpc) is 2.80. The molecular formula is C27H27N3O3. The number of nitrogens with one attached hydrogen (secondary N) is 1. The molecular weight excluding hydrogens is 414 g/mol. The van der Waals surface area contributed by atoms with Crippen LogP contribution < -0.4 is 5.32 Å². The first-order chi connectivity index (χ1) is 15.8. The van der Waals surface area contributed by atoms with Gasteiger partial charge in [-0.05, 0) is 66.5 Å². The van der Waals surface area contributed by atoms with Crippen molar-refractivity contribution in [2.75, 3.05) is 11.9 Å². The van der Waals surface area contributed by atoms with Gasteiger partial charge in [-0.1, -0.05) is 39.0 Å².